The Kier molecular flexibility index (Phi) is 6.89. The van der Waals surface area contributed by atoms with E-state index in [1.165, 1.54) is 17.0 Å². The van der Waals surface area contributed by atoms with Crippen molar-refractivity contribution in [2.45, 2.75) is 6.54 Å². The van der Waals surface area contributed by atoms with Gasteiger partial charge in [0.15, 0.2) is 0 Å². The Bertz CT molecular complexity index is 690. The number of urea groups is 1. The van der Waals surface area contributed by atoms with E-state index in [2.05, 4.69) is 5.32 Å². The molecule has 134 valence electrons. The molecule has 7 heteroatoms. The summed E-state index contributed by atoms with van der Waals surface area (Å²) in [4.78, 5) is 13.4. The molecule has 0 fully saturated rings. The van der Waals surface area contributed by atoms with E-state index in [9.17, 15) is 9.18 Å². The summed E-state index contributed by atoms with van der Waals surface area (Å²) < 4.78 is 24.3. The number of rotatable bonds is 7. The maximum atomic E-state index is 13.8. The van der Waals surface area contributed by atoms with E-state index < -0.39 is 5.82 Å². The third-order valence-electron chi connectivity index (χ3n) is 3.51. The molecule has 1 N–H and O–H groups in total. The van der Waals surface area contributed by atoms with E-state index in [4.69, 9.17) is 21.1 Å². The van der Waals surface area contributed by atoms with Crippen LogP contribution in [0.3, 0.4) is 0 Å². The number of carbonyl (C=O) groups is 1. The molecule has 0 unspecified atom stereocenters. The number of hydrogen-bond donors (Lipinski definition) is 1. The molecular formula is C18H20ClFN2O3. The summed E-state index contributed by atoms with van der Waals surface area (Å²) in [5, 5.41) is 3.00. The Morgan fingerprint density at radius 3 is 2.52 bits per heavy atom. The van der Waals surface area contributed by atoms with Crippen LogP contribution in [-0.4, -0.2) is 38.2 Å². The predicted molar refractivity (Wildman–Crippen MR) is 94.8 cm³/mol. The molecule has 0 aliphatic heterocycles. The number of nitrogens with zero attached hydrogens (tertiary/aromatic N) is 1. The first-order chi connectivity index (χ1) is 12.0. The number of benzene rings is 2. The summed E-state index contributed by atoms with van der Waals surface area (Å²) in [5.74, 6) is 0.991. The van der Waals surface area contributed by atoms with Gasteiger partial charge in [0.25, 0.3) is 0 Å². The van der Waals surface area contributed by atoms with Gasteiger partial charge in [-0.25, -0.2) is 9.18 Å². The minimum atomic E-state index is -0.435. The SMILES string of the molecule is COc1ccc(OCCNC(=O)N(C)Cc2c(F)cccc2Cl)cc1. The molecule has 0 bridgehead atoms. The Hall–Kier alpha value is -2.47. The zero-order valence-electron chi connectivity index (χ0n) is 14.1. The van der Waals surface area contributed by atoms with E-state index in [0.29, 0.717) is 23.9 Å². The van der Waals surface area contributed by atoms with Crippen LogP contribution in [0.25, 0.3) is 0 Å². The molecule has 25 heavy (non-hydrogen) atoms. The summed E-state index contributed by atoms with van der Waals surface area (Å²) >= 11 is 5.97. The lowest BCUT2D eigenvalue weighted by molar-refractivity contribution is 0.203. The molecular weight excluding hydrogens is 347 g/mol. The van der Waals surface area contributed by atoms with Crippen LogP contribution in [0, 0.1) is 5.82 Å². The molecule has 0 saturated heterocycles. The zero-order valence-corrected chi connectivity index (χ0v) is 14.8. The number of halogens is 2. The van der Waals surface area contributed by atoms with Crippen molar-refractivity contribution in [2.24, 2.45) is 0 Å². The average molecular weight is 367 g/mol. The van der Waals surface area contributed by atoms with Crippen molar-refractivity contribution in [1.29, 1.82) is 0 Å². The Labute approximate surface area is 151 Å². The van der Waals surface area contributed by atoms with Gasteiger partial charge in [0.05, 0.1) is 20.2 Å². The van der Waals surface area contributed by atoms with E-state index in [0.717, 1.165) is 5.75 Å². The van der Waals surface area contributed by atoms with Gasteiger partial charge in [-0.3, -0.25) is 0 Å². The van der Waals surface area contributed by atoms with Crippen LogP contribution in [0.15, 0.2) is 42.5 Å². The van der Waals surface area contributed by atoms with E-state index in [-0.39, 0.29) is 18.1 Å². The minimum Gasteiger partial charge on any atom is -0.497 e. The topological polar surface area (TPSA) is 50.8 Å². The normalized spacial score (nSPS) is 10.2. The smallest absolute Gasteiger partial charge is 0.317 e. The first kappa shape index (κ1) is 18.9. The largest absolute Gasteiger partial charge is 0.497 e. The third kappa shape index (κ3) is 5.53. The zero-order chi connectivity index (χ0) is 18.2. The monoisotopic (exact) mass is 366 g/mol. The Balaban J connectivity index is 1.75. The molecule has 2 aromatic carbocycles. The van der Waals surface area contributed by atoms with Crippen LogP contribution in [-0.2, 0) is 6.54 Å². The van der Waals surface area contributed by atoms with Crippen molar-refractivity contribution in [2.75, 3.05) is 27.3 Å². The average Bonchev–Trinajstić information content (AvgIpc) is 2.62. The van der Waals surface area contributed by atoms with Crippen LogP contribution in [0.1, 0.15) is 5.56 Å². The summed E-state index contributed by atoms with van der Waals surface area (Å²) in [6.07, 6.45) is 0. The maximum absolute atomic E-state index is 13.8. The van der Waals surface area contributed by atoms with Crippen molar-refractivity contribution in [3.8, 4) is 11.5 Å². The van der Waals surface area contributed by atoms with E-state index in [1.807, 2.05) is 0 Å². The number of hydrogen-bond acceptors (Lipinski definition) is 3. The van der Waals surface area contributed by atoms with Crippen LogP contribution in [0.2, 0.25) is 5.02 Å². The summed E-state index contributed by atoms with van der Waals surface area (Å²) in [5.41, 5.74) is 0.288. The highest BCUT2D eigenvalue weighted by Crippen LogP contribution is 2.20. The predicted octanol–water partition coefficient (Wildman–Crippen LogP) is 3.71. The molecule has 0 aromatic heterocycles. The highest BCUT2D eigenvalue weighted by atomic mass is 35.5. The maximum Gasteiger partial charge on any atom is 0.317 e. The van der Waals surface area contributed by atoms with Gasteiger partial charge >= 0.3 is 6.03 Å². The van der Waals surface area contributed by atoms with E-state index >= 15 is 0 Å². The molecule has 0 aliphatic rings. The van der Waals surface area contributed by atoms with Gasteiger partial charge < -0.3 is 19.7 Å². The minimum absolute atomic E-state index is 0.0800. The molecule has 2 rings (SSSR count). The van der Waals surface area contributed by atoms with Crippen molar-refractivity contribution in [3.05, 3.63) is 58.9 Å². The van der Waals surface area contributed by atoms with Crippen molar-refractivity contribution in [3.63, 3.8) is 0 Å². The fraction of sp³-hybridized carbons (Fsp3) is 0.278. The van der Waals surface area contributed by atoms with Crippen molar-refractivity contribution < 1.29 is 18.7 Å². The van der Waals surface area contributed by atoms with Crippen molar-refractivity contribution in [1.82, 2.24) is 10.2 Å². The molecule has 2 amide bonds. The van der Waals surface area contributed by atoms with Gasteiger partial charge in [-0.2, -0.15) is 0 Å². The highest BCUT2D eigenvalue weighted by Gasteiger charge is 2.13. The lowest BCUT2D eigenvalue weighted by Crippen LogP contribution is -2.38. The third-order valence-corrected chi connectivity index (χ3v) is 3.86. The number of carbonyl (C=O) groups excluding carboxylic acids is 1. The van der Waals surface area contributed by atoms with Crippen LogP contribution < -0.4 is 14.8 Å². The second-order valence-corrected chi connectivity index (χ2v) is 5.72. The first-order valence-electron chi connectivity index (χ1n) is 7.70. The van der Waals surface area contributed by atoms with Crippen LogP contribution in [0.5, 0.6) is 11.5 Å². The number of ether oxygens (including phenoxy) is 2. The van der Waals surface area contributed by atoms with E-state index in [1.54, 1.807) is 44.5 Å². The Morgan fingerprint density at radius 2 is 1.88 bits per heavy atom. The number of amides is 2. The molecule has 0 atom stereocenters. The molecule has 0 saturated carbocycles. The molecule has 0 radical (unpaired) electrons. The first-order valence-corrected chi connectivity index (χ1v) is 8.07. The van der Waals surface area contributed by atoms with Gasteiger partial charge in [0, 0.05) is 17.6 Å². The molecule has 5 nitrogen and oxygen atoms in total. The highest BCUT2D eigenvalue weighted by molar-refractivity contribution is 6.31. The van der Waals surface area contributed by atoms with Gasteiger partial charge in [-0.15, -0.1) is 0 Å². The standard InChI is InChI=1S/C18H20ClFN2O3/c1-22(12-15-16(19)4-3-5-17(15)20)18(23)21-10-11-25-14-8-6-13(24-2)7-9-14/h3-9H,10-12H2,1-2H3,(H,21,23). The molecule has 2 aromatic rings. The molecule has 0 aliphatic carbocycles. The molecule has 0 spiro atoms. The quantitative estimate of drug-likeness (QED) is 0.760. The van der Waals surface area contributed by atoms with Crippen LogP contribution in [0.4, 0.5) is 9.18 Å². The number of methoxy groups -OCH3 is 1. The fourth-order valence-corrected chi connectivity index (χ4v) is 2.35. The Morgan fingerprint density at radius 1 is 1.20 bits per heavy atom. The van der Waals surface area contributed by atoms with Gasteiger partial charge in [-0.1, -0.05) is 17.7 Å². The lowest BCUT2D eigenvalue weighted by atomic mass is 10.2. The second-order valence-electron chi connectivity index (χ2n) is 5.31. The number of nitrogens with one attached hydrogen (secondary N) is 1. The second kappa shape index (κ2) is 9.13. The van der Waals surface area contributed by atoms with Gasteiger partial charge in [0.1, 0.15) is 23.9 Å². The van der Waals surface area contributed by atoms with Gasteiger partial charge in [0.2, 0.25) is 0 Å². The lowest BCUT2D eigenvalue weighted by Gasteiger charge is -2.19. The summed E-state index contributed by atoms with van der Waals surface area (Å²) in [6, 6.07) is 11.2. The van der Waals surface area contributed by atoms with Crippen molar-refractivity contribution >= 4 is 17.6 Å². The molecule has 0 heterocycles. The fourth-order valence-electron chi connectivity index (χ4n) is 2.13. The summed E-state index contributed by atoms with van der Waals surface area (Å²) in [6.45, 7) is 0.712. The van der Waals surface area contributed by atoms with Crippen LogP contribution >= 0.6 is 11.6 Å². The summed E-state index contributed by atoms with van der Waals surface area (Å²) in [7, 11) is 3.17. The van der Waals surface area contributed by atoms with Gasteiger partial charge in [-0.05, 0) is 36.4 Å².